The maximum atomic E-state index is 11.9. The number of nitrogens with one attached hydrogen (secondary N) is 2. The van der Waals surface area contributed by atoms with Gasteiger partial charge in [-0.3, -0.25) is 14.9 Å². The van der Waals surface area contributed by atoms with E-state index in [1.165, 1.54) is 23.7 Å². The number of amides is 2. The highest BCUT2D eigenvalue weighted by Crippen LogP contribution is 2.16. The van der Waals surface area contributed by atoms with Crippen molar-refractivity contribution < 1.29 is 14.1 Å². The van der Waals surface area contributed by atoms with Crippen LogP contribution in [0.2, 0.25) is 0 Å². The molecule has 3 aromatic rings. The Morgan fingerprint density at radius 1 is 1.24 bits per heavy atom. The molecule has 3 rings (SSSR count). The number of aromatic nitrogens is 5. The standard InChI is InChI=1S/C14H13N7O3S/c1-8-18-11(24-21-8)6-17-10(22)5-9-7-25-14(19-9)20-13(23)12-15-3-2-4-16-12/h2-4,7H,5-6H2,1H3,(H,17,22)(H,19,20,23). The third kappa shape index (κ3) is 4.64. The van der Waals surface area contributed by atoms with Gasteiger partial charge in [-0.05, 0) is 13.0 Å². The lowest BCUT2D eigenvalue weighted by Gasteiger charge is -2.00. The number of thiazole rings is 1. The number of carbonyl (C=O) groups is 2. The zero-order chi connectivity index (χ0) is 17.6. The summed E-state index contributed by atoms with van der Waals surface area (Å²) in [5.41, 5.74) is 0.536. The molecule has 0 spiro atoms. The van der Waals surface area contributed by atoms with E-state index in [1.54, 1.807) is 18.4 Å². The van der Waals surface area contributed by atoms with Crippen molar-refractivity contribution in [1.29, 1.82) is 0 Å². The summed E-state index contributed by atoms with van der Waals surface area (Å²) in [7, 11) is 0. The fourth-order valence-electron chi connectivity index (χ4n) is 1.83. The minimum Gasteiger partial charge on any atom is -0.347 e. The van der Waals surface area contributed by atoms with Crippen LogP contribution >= 0.6 is 11.3 Å². The average molecular weight is 359 g/mol. The van der Waals surface area contributed by atoms with Gasteiger partial charge in [0.05, 0.1) is 18.7 Å². The average Bonchev–Trinajstić information content (AvgIpc) is 3.22. The van der Waals surface area contributed by atoms with Crippen molar-refractivity contribution in [2.75, 3.05) is 5.32 Å². The van der Waals surface area contributed by atoms with E-state index in [-0.39, 0.29) is 24.7 Å². The topological polar surface area (TPSA) is 136 Å². The summed E-state index contributed by atoms with van der Waals surface area (Å²) in [6.45, 7) is 1.85. The molecule has 10 nitrogen and oxygen atoms in total. The van der Waals surface area contributed by atoms with E-state index in [0.29, 0.717) is 22.5 Å². The third-order valence-corrected chi connectivity index (χ3v) is 3.70. The van der Waals surface area contributed by atoms with Gasteiger partial charge in [-0.2, -0.15) is 4.98 Å². The molecule has 0 saturated heterocycles. The quantitative estimate of drug-likeness (QED) is 0.657. The van der Waals surface area contributed by atoms with Crippen molar-refractivity contribution in [3.8, 4) is 0 Å². The molecular weight excluding hydrogens is 346 g/mol. The molecular formula is C14H13N7O3S. The van der Waals surface area contributed by atoms with Gasteiger partial charge in [0.1, 0.15) is 0 Å². The fraction of sp³-hybridized carbons (Fsp3) is 0.214. The minimum atomic E-state index is -0.460. The number of anilines is 1. The predicted octanol–water partition coefficient (Wildman–Crippen LogP) is 0.736. The second kappa shape index (κ2) is 7.57. The zero-order valence-corrected chi connectivity index (χ0v) is 13.9. The second-order valence-electron chi connectivity index (χ2n) is 4.86. The van der Waals surface area contributed by atoms with E-state index in [4.69, 9.17) is 4.52 Å². The van der Waals surface area contributed by atoms with Crippen LogP contribution in [0.25, 0.3) is 0 Å². The van der Waals surface area contributed by atoms with Crippen LogP contribution in [0.3, 0.4) is 0 Å². The molecule has 2 N–H and O–H groups in total. The monoisotopic (exact) mass is 359 g/mol. The van der Waals surface area contributed by atoms with Gasteiger partial charge in [0, 0.05) is 17.8 Å². The van der Waals surface area contributed by atoms with Gasteiger partial charge in [0.2, 0.25) is 17.6 Å². The highest BCUT2D eigenvalue weighted by Gasteiger charge is 2.13. The van der Waals surface area contributed by atoms with Gasteiger partial charge in [0.25, 0.3) is 5.91 Å². The molecule has 0 aliphatic carbocycles. The molecule has 0 aromatic carbocycles. The molecule has 128 valence electrons. The predicted molar refractivity (Wildman–Crippen MR) is 86.7 cm³/mol. The first-order valence-electron chi connectivity index (χ1n) is 7.19. The van der Waals surface area contributed by atoms with Crippen LogP contribution in [0.4, 0.5) is 5.13 Å². The number of carbonyl (C=O) groups excluding carboxylic acids is 2. The Kier molecular flexibility index (Phi) is 5.04. The molecule has 3 aromatic heterocycles. The van der Waals surface area contributed by atoms with E-state index in [9.17, 15) is 9.59 Å². The summed E-state index contributed by atoms with van der Waals surface area (Å²) in [6.07, 6.45) is 3.02. The van der Waals surface area contributed by atoms with Gasteiger partial charge in [-0.15, -0.1) is 11.3 Å². The van der Waals surface area contributed by atoms with E-state index in [2.05, 4.69) is 35.7 Å². The van der Waals surface area contributed by atoms with E-state index < -0.39 is 5.91 Å². The Bertz CT molecular complexity index is 877. The molecule has 3 heterocycles. The van der Waals surface area contributed by atoms with Crippen LogP contribution in [0.5, 0.6) is 0 Å². The minimum absolute atomic E-state index is 0.0480. The van der Waals surface area contributed by atoms with Gasteiger partial charge in [0.15, 0.2) is 11.0 Å². The summed E-state index contributed by atoms with van der Waals surface area (Å²) in [6, 6.07) is 1.62. The molecule has 2 amide bonds. The van der Waals surface area contributed by atoms with Crippen LogP contribution in [-0.4, -0.2) is 36.9 Å². The van der Waals surface area contributed by atoms with Gasteiger partial charge < -0.3 is 9.84 Å². The molecule has 0 bridgehead atoms. The van der Waals surface area contributed by atoms with Crippen molar-refractivity contribution in [3.63, 3.8) is 0 Å². The number of hydrogen-bond donors (Lipinski definition) is 2. The molecule has 0 atom stereocenters. The first-order valence-corrected chi connectivity index (χ1v) is 8.07. The van der Waals surface area contributed by atoms with Crippen molar-refractivity contribution in [1.82, 2.24) is 30.4 Å². The molecule has 11 heteroatoms. The van der Waals surface area contributed by atoms with Gasteiger partial charge >= 0.3 is 0 Å². The Balaban J connectivity index is 1.51. The molecule has 0 saturated carbocycles. The smallest absolute Gasteiger partial charge is 0.295 e. The van der Waals surface area contributed by atoms with Crippen molar-refractivity contribution >= 4 is 28.3 Å². The maximum Gasteiger partial charge on any atom is 0.295 e. The van der Waals surface area contributed by atoms with Crippen LogP contribution in [0.1, 0.15) is 28.0 Å². The second-order valence-corrected chi connectivity index (χ2v) is 5.72. The lowest BCUT2D eigenvalue weighted by Crippen LogP contribution is -2.24. The highest BCUT2D eigenvalue weighted by molar-refractivity contribution is 7.14. The Hall–Kier alpha value is -3.21. The summed E-state index contributed by atoms with van der Waals surface area (Å²) < 4.78 is 4.91. The zero-order valence-electron chi connectivity index (χ0n) is 13.1. The largest absolute Gasteiger partial charge is 0.347 e. The molecule has 0 unspecified atom stereocenters. The molecule has 0 aliphatic rings. The lowest BCUT2D eigenvalue weighted by atomic mass is 10.3. The fourth-order valence-corrected chi connectivity index (χ4v) is 2.53. The normalized spacial score (nSPS) is 10.4. The number of nitrogens with zero attached hydrogens (tertiary/aromatic N) is 5. The maximum absolute atomic E-state index is 11.9. The van der Waals surface area contributed by atoms with Gasteiger partial charge in [-0.1, -0.05) is 5.16 Å². The number of aryl methyl sites for hydroxylation is 1. The van der Waals surface area contributed by atoms with Crippen LogP contribution in [0, 0.1) is 6.92 Å². The molecule has 0 fully saturated rings. The van der Waals surface area contributed by atoms with Gasteiger partial charge in [-0.25, -0.2) is 15.0 Å². The molecule has 25 heavy (non-hydrogen) atoms. The Morgan fingerprint density at radius 2 is 2.04 bits per heavy atom. The summed E-state index contributed by atoms with van der Waals surface area (Å²) in [5.74, 6) is 0.182. The van der Waals surface area contributed by atoms with E-state index in [1.807, 2.05) is 0 Å². The first kappa shape index (κ1) is 16.6. The van der Waals surface area contributed by atoms with E-state index in [0.717, 1.165) is 0 Å². The SMILES string of the molecule is Cc1noc(CNC(=O)Cc2csc(NC(=O)c3ncccn3)n2)n1. The van der Waals surface area contributed by atoms with Crippen molar-refractivity contribution in [3.05, 3.63) is 47.1 Å². The highest BCUT2D eigenvalue weighted by atomic mass is 32.1. The summed E-state index contributed by atoms with van der Waals surface area (Å²) >= 11 is 1.21. The Morgan fingerprint density at radius 3 is 2.76 bits per heavy atom. The third-order valence-electron chi connectivity index (χ3n) is 2.89. The first-order chi connectivity index (χ1) is 12.1. The number of rotatable bonds is 6. The molecule has 0 radical (unpaired) electrons. The summed E-state index contributed by atoms with van der Waals surface area (Å²) in [5, 5.41) is 10.9. The lowest BCUT2D eigenvalue weighted by molar-refractivity contribution is -0.120. The van der Waals surface area contributed by atoms with Crippen molar-refractivity contribution in [2.45, 2.75) is 19.9 Å². The Labute approximate surface area is 145 Å². The number of hydrogen-bond acceptors (Lipinski definition) is 9. The summed E-state index contributed by atoms with van der Waals surface area (Å²) in [4.78, 5) is 39.7. The van der Waals surface area contributed by atoms with Crippen molar-refractivity contribution in [2.24, 2.45) is 0 Å². The van der Waals surface area contributed by atoms with E-state index >= 15 is 0 Å². The molecule has 0 aliphatic heterocycles. The van der Waals surface area contributed by atoms with Crippen LogP contribution < -0.4 is 10.6 Å². The van der Waals surface area contributed by atoms with Crippen LogP contribution in [0.15, 0.2) is 28.4 Å². The van der Waals surface area contributed by atoms with Crippen LogP contribution in [-0.2, 0) is 17.8 Å².